The number of nitrogens with zero attached hydrogens (tertiary/aromatic N) is 3. The van der Waals surface area contributed by atoms with E-state index in [1.807, 2.05) is 0 Å². The van der Waals surface area contributed by atoms with Crippen LogP contribution in [0, 0.1) is 11.3 Å². The first kappa shape index (κ1) is 9.70. The van der Waals surface area contributed by atoms with Gasteiger partial charge in [0.1, 0.15) is 0 Å². The molecule has 0 aromatic heterocycles. The van der Waals surface area contributed by atoms with E-state index < -0.39 is 0 Å². The van der Waals surface area contributed by atoms with Gasteiger partial charge in [0.2, 0.25) is 0 Å². The first-order chi connectivity index (χ1) is 6.79. The molecule has 3 heteroatoms. The predicted octanol–water partition coefficient (Wildman–Crippen LogP) is 0.846. The fourth-order valence-electron chi connectivity index (χ4n) is 2.26. The summed E-state index contributed by atoms with van der Waals surface area (Å²) >= 11 is 0. The Bertz CT molecular complexity index is 269. The average Bonchev–Trinajstić information content (AvgIpc) is 2.67. The molecule has 0 amide bonds. The van der Waals surface area contributed by atoms with Crippen molar-refractivity contribution >= 4 is 0 Å². The van der Waals surface area contributed by atoms with Crippen LogP contribution in [0.15, 0.2) is 11.6 Å². The van der Waals surface area contributed by atoms with Gasteiger partial charge in [-0.05, 0) is 19.9 Å². The maximum absolute atomic E-state index is 8.78. The maximum atomic E-state index is 8.78. The van der Waals surface area contributed by atoms with Crippen molar-refractivity contribution < 1.29 is 0 Å². The maximum Gasteiger partial charge on any atom is 0.0944 e. The molecular weight excluding hydrogens is 174 g/mol. The molecule has 2 rings (SSSR count). The molecule has 0 aromatic rings. The third kappa shape index (κ3) is 1.97. The van der Waals surface area contributed by atoms with E-state index in [1.165, 1.54) is 13.1 Å². The van der Waals surface area contributed by atoms with Crippen LogP contribution in [0.2, 0.25) is 0 Å². The monoisotopic (exact) mass is 191 g/mol. The van der Waals surface area contributed by atoms with E-state index in [1.54, 1.807) is 0 Å². The van der Waals surface area contributed by atoms with Gasteiger partial charge in [-0.15, -0.1) is 0 Å². The normalized spacial score (nSPS) is 30.0. The lowest BCUT2D eigenvalue weighted by molar-refractivity contribution is 0.116. The van der Waals surface area contributed by atoms with Gasteiger partial charge in [0.25, 0.3) is 0 Å². The van der Waals surface area contributed by atoms with E-state index >= 15 is 0 Å². The summed E-state index contributed by atoms with van der Waals surface area (Å²) in [4.78, 5) is 4.89. The summed E-state index contributed by atoms with van der Waals surface area (Å²) in [5, 5.41) is 8.78. The second-order valence-electron chi connectivity index (χ2n) is 4.27. The Labute approximate surface area is 85.6 Å². The summed E-state index contributed by atoms with van der Waals surface area (Å²) < 4.78 is 0. The molecule has 2 aliphatic rings. The summed E-state index contributed by atoms with van der Waals surface area (Å²) in [6.45, 7) is 4.65. The van der Waals surface area contributed by atoms with E-state index in [9.17, 15) is 0 Å². The number of likely N-dealkylation sites (N-methyl/N-ethyl adjacent to an activating group) is 1. The largest absolute Gasteiger partial charge is 0.304 e. The van der Waals surface area contributed by atoms with E-state index in [-0.39, 0.29) is 0 Å². The quantitative estimate of drug-likeness (QED) is 0.615. The third-order valence-electron chi connectivity index (χ3n) is 3.29. The lowest BCUT2D eigenvalue weighted by Gasteiger charge is -2.36. The molecule has 3 nitrogen and oxygen atoms in total. The molecule has 0 aromatic carbocycles. The fourth-order valence-corrected chi connectivity index (χ4v) is 2.26. The van der Waals surface area contributed by atoms with Crippen molar-refractivity contribution in [3.8, 4) is 6.07 Å². The van der Waals surface area contributed by atoms with Crippen molar-refractivity contribution in [1.82, 2.24) is 9.80 Å². The molecular formula is C11H17N3. The third-order valence-corrected chi connectivity index (χ3v) is 3.29. The molecule has 0 N–H and O–H groups in total. The molecule has 1 heterocycles. The molecule has 1 unspecified atom stereocenters. The lowest BCUT2D eigenvalue weighted by atomic mass is 10.1. The number of nitriles is 1. The van der Waals surface area contributed by atoms with Crippen LogP contribution >= 0.6 is 0 Å². The Morgan fingerprint density at radius 3 is 2.64 bits per heavy atom. The van der Waals surface area contributed by atoms with Gasteiger partial charge in [-0.3, -0.25) is 4.90 Å². The number of piperazine rings is 1. The Morgan fingerprint density at radius 2 is 2.07 bits per heavy atom. The fraction of sp³-hybridized carbons (Fsp3) is 0.727. The minimum atomic E-state index is 0.610. The van der Waals surface area contributed by atoms with Crippen molar-refractivity contribution in [2.75, 3.05) is 33.2 Å². The van der Waals surface area contributed by atoms with Crippen LogP contribution in [0.3, 0.4) is 0 Å². The topological polar surface area (TPSA) is 30.3 Å². The van der Waals surface area contributed by atoms with Crippen LogP contribution < -0.4 is 0 Å². The molecule has 1 aliphatic heterocycles. The average molecular weight is 191 g/mol. The molecule has 0 radical (unpaired) electrons. The Balaban J connectivity index is 1.85. The first-order valence-electron chi connectivity index (χ1n) is 5.31. The Morgan fingerprint density at radius 1 is 1.36 bits per heavy atom. The van der Waals surface area contributed by atoms with Crippen molar-refractivity contribution in [1.29, 1.82) is 5.26 Å². The highest BCUT2D eigenvalue weighted by molar-refractivity contribution is 5.26. The smallest absolute Gasteiger partial charge is 0.0944 e. The number of rotatable bonds is 1. The highest BCUT2D eigenvalue weighted by Gasteiger charge is 2.25. The summed E-state index contributed by atoms with van der Waals surface area (Å²) in [5.74, 6) is 0. The molecule has 1 fully saturated rings. The van der Waals surface area contributed by atoms with Crippen molar-refractivity contribution in [2.24, 2.45) is 0 Å². The van der Waals surface area contributed by atoms with Crippen LogP contribution in [0.5, 0.6) is 0 Å². The number of hydrogen-bond acceptors (Lipinski definition) is 3. The minimum absolute atomic E-state index is 0.610. The summed E-state index contributed by atoms with van der Waals surface area (Å²) in [6, 6.07) is 2.88. The van der Waals surface area contributed by atoms with E-state index in [0.29, 0.717) is 6.04 Å². The van der Waals surface area contributed by atoms with Crippen LogP contribution in [-0.2, 0) is 0 Å². The van der Waals surface area contributed by atoms with Gasteiger partial charge in [0.15, 0.2) is 0 Å². The second-order valence-corrected chi connectivity index (χ2v) is 4.27. The van der Waals surface area contributed by atoms with Crippen molar-refractivity contribution in [3.05, 3.63) is 11.6 Å². The van der Waals surface area contributed by atoms with E-state index in [2.05, 4.69) is 29.0 Å². The van der Waals surface area contributed by atoms with Crippen LogP contribution in [0.4, 0.5) is 0 Å². The highest BCUT2D eigenvalue weighted by Crippen LogP contribution is 2.23. The van der Waals surface area contributed by atoms with Crippen LogP contribution in [0.1, 0.15) is 12.8 Å². The van der Waals surface area contributed by atoms with Crippen molar-refractivity contribution in [3.63, 3.8) is 0 Å². The zero-order chi connectivity index (χ0) is 9.97. The Hall–Kier alpha value is -0.850. The van der Waals surface area contributed by atoms with Crippen LogP contribution in [-0.4, -0.2) is 49.1 Å². The standard InChI is InChI=1S/C11H17N3/c1-13-4-6-14(7-5-13)11-3-2-10(8-11)9-12/h2,11H,3-8H2,1H3. The minimum Gasteiger partial charge on any atom is -0.304 e. The van der Waals surface area contributed by atoms with Crippen LogP contribution in [0.25, 0.3) is 0 Å². The number of hydrogen-bond donors (Lipinski definition) is 0. The van der Waals surface area contributed by atoms with Gasteiger partial charge in [0.05, 0.1) is 6.07 Å². The van der Waals surface area contributed by atoms with Gasteiger partial charge in [-0.2, -0.15) is 5.26 Å². The summed E-state index contributed by atoms with van der Waals surface area (Å²) in [5.41, 5.74) is 0.980. The van der Waals surface area contributed by atoms with Gasteiger partial charge >= 0.3 is 0 Å². The van der Waals surface area contributed by atoms with E-state index in [0.717, 1.165) is 31.5 Å². The van der Waals surface area contributed by atoms with Gasteiger partial charge in [-0.1, -0.05) is 6.08 Å². The summed E-state index contributed by atoms with van der Waals surface area (Å²) in [6.07, 6.45) is 4.15. The Kier molecular flexibility index (Phi) is 2.85. The summed E-state index contributed by atoms with van der Waals surface area (Å²) in [7, 11) is 2.17. The van der Waals surface area contributed by atoms with Gasteiger partial charge in [0, 0.05) is 37.8 Å². The molecule has 1 saturated heterocycles. The van der Waals surface area contributed by atoms with Gasteiger partial charge in [-0.25, -0.2) is 0 Å². The predicted molar refractivity (Wildman–Crippen MR) is 55.8 cm³/mol. The molecule has 76 valence electrons. The first-order valence-corrected chi connectivity index (χ1v) is 5.31. The SMILES string of the molecule is CN1CCN(C2CC=C(C#N)C2)CC1. The van der Waals surface area contributed by atoms with Crippen molar-refractivity contribution in [2.45, 2.75) is 18.9 Å². The zero-order valence-corrected chi connectivity index (χ0v) is 8.74. The molecule has 0 saturated carbocycles. The molecule has 1 atom stereocenters. The molecule has 14 heavy (non-hydrogen) atoms. The second kappa shape index (κ2) is 4.12. The molecule has 1 aliphatic carbocycles. The highest BCUT2D eigenvalue weighted by atomic mass is 15.3. The zero-order valence-electron chi connectivity index (χ0n) is 8.74. The van der Waals surface area contributed by atoms with Gasteiger partial charge < -0.3 is 4.90 Å². The molecule has 0 bridgehead atoms. The lowest BCUT2D eigenvalue weighted by Crippen LogP contribution is -2.48. The molecule has 0 spiro atoms. The van der Waals surface area contributed by atoms with E-state index in [4.69, 9.17) is 5.26 Å².